The van der Waals surface area contributed by atoms with Crippen LogP contribution in [-0.2, 0) is 27.9 Å². The second kappa shape index (κ2) is 9.67. The molecule has 4 rings (SSSR count). The minimum absolute atomic E-state index is 0.0547. The number of halogens is 1. The predicted molar refractivity (Wildman–Crippen MR) is 126 cm³/mol. The molecule has 13 heteroatoms. The van der Waals surface area contributed by atoms with Crippen molar-refractivity contribution in [3.05, 3.63) is 71.5 Å². The number of nitrogens with zero attached hydrogens (tertiary/aromatic N) is 2. The number of anilines is 2. The smallest absolute Gasteiger partial charge is 0.319 e. The number of urea groups is 1. The average Bonchev–Trinajstić information content (AvgIpc) is 2.79. The minimum atomic E-state index is -4.08. The van der Waals surface area contributed by atoms with Gasteiger partial charge in [0, 0.05) is 36.4 Å². The molecule has 0 radical (unpaired) electrons. The lowest BCUT2D eigenvalue weighted by atomic mass is 10.3. The molecule has 10 nitrogen and oxygen atoms in total. The van der Waals surface area contributed by atoms with Crippen LogP contribution in [0.2, 0.25) is 5.02 Å². The van der Waals surface area contributed by atoms with Gasteiger partial charge in [-0.3, -0.25) is 9.71 Å². The number of fused-ring (bicyclic) bond motifs is 1. The second-order valence-corrected chi connectivity index (χ2v) is 10.0. The van der Waals surface area contributed by atoms with Gasteiger partial charge in [-0.25, -0.2) is 18.2 Å². The van der Waals surface area contributed by atoms with Crippen LogP contribution >= 0.6 is 11.6 Å². The number of sulfonamides is 1. The van der Waals surface area contributed by atoms with E-state index < -0.39 is 27.4 Å². The van der Waals surface area contributed by atoms with E-state index in [1.807, 2.05) is 6.07 Å². The Morgan fingerprint density at radius 1 is 1.15 bits per heavy atom. The van der Waals surface area contributed by atoms with E-state index >= 15 is 0 Å². The number of hydrogen-bond acceptors (Lipinski definition) is 7. The molecule has 1 aromatic heterocycles. The van der Waals surface area contributed by atoms with Crippen LogP contribution in [0, 0.1) is 0 Å². The largest absolute Gasteiger partial charge is 0.588 e. The first kappa shape index (κ1) is 22.9. The maximum Gasteiger partial charge on any atom is 0.319 e. The van der Waals surface area contributed by atoms with Gasteiger partial charge in [0.15, 0.2) is 0 Å². The van der Waals surface area contributed by atoms with Crippen molar-refractivity contribution in [3.63, 3.8) is 0 Å². The maximum absolute atomic E-state index is 12.9. The average molecular weight is 505 g/mol. The zero-order chi connectivity index (χ0) is 23.4. The van der Waals surface area contributed by atoms with Crippen molar-refractivity contribution in [3.8, 4) is 0 Å². The summed E-state index contributed by atoms with van der Waals surface area (Å²) < 4.78 is 42.7. The Labute approximate surface area is 197 Å². The quantitative estimate of drug-likeness (QED) is 0.379. The first-order chi connectivity index (χ1) is 15.8. The summed E-state index contributed by atoms with van der Waals surface area (Å²) in [5.41, 5.74) is 1.90. The number of nitrogens with one attached hydrogen (secondary N) is 4. The van der Waals surface area contributed by atoms with Crippen LogP contribution in [0.25, 0.3) is 0 Å². The lowest BCUT2D eigenvalue weighted by molar-refractivity contribution is 0.251. The molecule has 0 aliphatic carbocycles. The number of benzene rings is 2. The van der Waals surface area contributed by atoms with E-state index in [2.05, 4.69) is 30.1 Å². The van der Waals surface area contributed by atoms with Crippen molar-refractivity contribution in [1.29, 1.82) is 0 Å². The number of aromatic nitrogens is 1. The van der Waals surface area contributed by atoms with Crippen LogP contribution in [0.5, 0.6) is 0 Å². The van der Waals surface area contributed by atoms with Gasteiger partial charge in [-0.1, -0.05) is 17.7 Å². The standard InChI is InChI=1S/C20H17ClN6O4S2/c21-16-8-17-18(32(29)25-12-24-17)9-19(16)33(30,31)27-15-5-3-14(4-6-15)26-20(28)23-11-13-2-1-7-22-10-13/h1-10,12,27H,11H2,(H,24,25)(H2,23,26,28). The zero-order valence-electron chi connectivity index (χ0n) is 16.8. The zero-order valence-corrected chi connectivity index (χ0v) is 19.2. The number of hydrogen-bond donors (Lipinski definition) is 4. The molecule has 1 atom stereocenters. The molecule has 2 heterocycles. The van der Waals surface area contributed by atoms with Gasteiger partial charge >= 0.3 is 6.03 Å². The van der Waals surface area contributed by atoms with Crippen LogP contribution in [0.3, 0.4) is 0 Å². The third-order valence-corrected chi connectivity index (χ3v) is 7.33. The Morgan fingerprint density at radius 2 is 1.91 bits per heavy atom. The van der Waals surface area contributed by atoms with E-state index in [0.29, 0.717) is 17.9 Å². The summed E-state index contributed by atoms with van der Waals surface area (Å²) in [7, 11) is -4.08. The summed E-state index contributed by atoms with van der Waals surface area (Å²) in [6.07, 6.45) is 4.55. The fourth-order valence-electron chi connectivity index (χ4n) is 2.88. The highest BCUT2D eigenvalue weighted by Crippen LogP contribution is 2.35. The van der Waals surface area contributed by atoms with Gasteiger partial charge in [0.05, 0.1) is 5.02 Å². The van der Waals surface area contributed by atoms with E-state index in [4.69, 9.17) is 11.6 Å². The van der Waals surface area contributed by atoms with Crippen LogP contribution < -0.4 is 20.1 Å². The van der Waals surface area contributed by atoms with Crippen molar-refractivity contribution < 1.29 is 17.8 Å². The van der Waals surface area contributed by atoms with Crippen LogP contribution in [0.4, 0.5) is 21.9 Å². The van der Waals surface area contributed by atoms with Crippen LogP contribution in [0.15, 0.2) is 75.7 Å². The Bertz CT molecular complexity index is 1300. The van der Waals surface area contributed by atoms with Gasteiger partial charge in [-0.05, 0) is 42.0 Å². The molecule has 0 saturated carbocycles. The highest BCUT2D eigenvalue weighted by Gasteiger charge is 2.27. The lowest BCUT2D eigenvalue weighted by Crippen LogP contribution is -2.28. The number of aliphatic imine (C=N–C) groups is 1. The van der Waals surface area contributed by atoms with Crippen molar-refractivity contribution in [1.82, 2.24) is 15.0 Å². The highest BCUT2D eigenvalue weighted by atomic mass is 35.5. The van der Waals surface area contributed by atoms with Crippen molar-refractivity contribution >= 4 is 62.4 Å². The molecule has 1 unspecified atom stereocenters. The molecule has 2 amide bonds. The molecule has 0 bridgehead atoms. The number of rotatable bonds is 6. The molecule has 2 aromatic carbocycles. The summed E-state index contributed by atoms with van der Waals surface area (Å²) >= 11 is 4.51. The molecule has 1 aliphatic rings. The van der Waals surface area contributed by atoms with Gasteiger partial charge in [0.25, 0.3) is 10.0 Å². The molecule has 0 fully saturated rings. The van der Waals surface area contributed by atoms with Gasteiger partial charge in [0.2, 0.25) is 4.90 Å². The van der Waals surface area contributed by atoms with E-state index in [1.165, 1.54) is 30.6 Å². The van der Waals surface area contributed by atoms with Gasteiger partial charge < -0.3 is 15.2 Å². The van der Waals surface area contributed by atoms with E-state index in [-0.39, 0.29) is 20.5 Å². The second-order valence-electron chi connectivity index (χ2n) is 6.75. The number of carbonyl (C=O) groups is 1. The Hall–Kier alpha value is -3.32. The van der Waals surface area contributed by atoms with E-state index in [9.17, 15) is 17.8 Å². The molecule has 33 heavy (non-hydrogen) atoms. The Morgan fingerprint density at radius 3 is 2.64 bits per heavy atom. The summed E-state index contributed by atoms with van der Waals surface area (Å²) in [6.45, 7) is 0.310. The van der Waals surface area contributed by atoms with Crippen molar-refractivity contribution in [2.45, 2.75) is 16.3 Å². The highest BCUT2D eigenvalue weighted by molar-refractivity contribution is 7.93. The number of amides is 2. The van der Waals surface area contributed by atoms with Gasteiger partial charge in [-0.2, -0.15) is 4.72 Å². The third kappa shape index (κ3) is 5.54. The molecule has 0 saturated heterocycles. The Kier molecular flexibility index (Phi) is 6.70. The molecule has 170 valence electrons. The molecule has 1 aliphatic heterocycles. The van der Waals surface area contributed by atoms with Crippen LogP contribution in [-0.4, -0.2) is 30.3 Å². The van der Waals surface area contributed by atoms with Gasteiger partial charge in [0.1, 0.15) is 28.3 Å². The monoisotopic (exact) mass is 504 g/mol. The van der Waals surface area contributed by atoms with E-state index in [0.717, 1.165) is 5.56 Å². The van der Waals surface area contributed by atoms with Crippen molar-refractivity contribution in [2.75, 3.05) is 10.0 Å². The predicted octanol–water partition coefficient (Wildman–Crippen LogP) is 3.14. The number of pyridine rings is 1. The normalized spacial score (nSPS) is 14.7. The van der Waals surface area contributed by atoms with E-state index in [1.54, 1.807) is 30.6 Å². The SMILES string of the molecule is O=C(NCc1cccnc1)Nc1ccc(NS(=O)(=O)c2cc3c(cc2Cl)N=CN[S+]3[O-])cc1. The number of carbonyl (C=O) groups excluding carboxylic acids is 1. The maximum atomic E-state index is 12.9. The molecular formula is C20H17ClN6O4S2. The fourth-order valence-corrected chi connectivity index (χ4v) is 5.36. The summed E-state index contributed by atoms with van der Waals surface area (Å²) in [6, 6.07) is 11.8. The topological polar surface area (TPSA) is 148 Å². The Balaban J connectivity index is 1.42. The summed E-state index contributed by atoms with van der Waals surface area (Å²) in [5.74, 6) is 0. The summed E-state index contributed by atoms with van der Waals surface area (Å²) in [5, 5.41) is 5.30. The molecule has 3 aromatic rings. The summed E-state index contributed by atoms with van der Waals surface area (Å²) in [4.78, 5) is 20.0. The van der Waals surface area contributed by atoms with Crippen LogP contribution in [0.1, 0.15) is 5.56 Å². The van der Waals surface area contributed by atoms with Crippen molar-refractivity contribution in [2.24, 2.45) is 4.99 Å². The first-order valence-corrected chi connectivity index (χ1v) is 12.4. The molecule has 0 spiro atoms. The first-order valence-electron chi connectivity index (χ1n) is 9.42. The molecular weight excluding hydrogens is 488 g/mol. The lowest BCUT2D eigenvalue weighted by Gasteiger charge is -2.16. The molecule has 4 N–H and O–H groups in total. The minimum Gasteiger partial charge on any atom is -0.588 e. The van der Waals surface area contributed by atoms with Gasteiger partial charge in [-0.15, -0.1) is 0 Å². The fraction of sp³-hybridized carbons (Fsp3) is 0.0500. The third-order valence-electron chi connectivity index (χ3n) is 4.44.